The Kier molecular flexibility index (Phi) is 2.78. The summed E-state index contributed by atoms with van der Waals surface area (Å²) in [5, 5.41) is 22.6. The molecule has 0 aliphatic heterocycles. The first kappa shape index (κ1) is 10.5. The largest absolute Gasteiger partial charge is 0.504 e. The predicted molar refractivity (Wildman–Crippen MR) is 58.9 cm³/mol. The minimum atomic E-state index is -0.272. The fourth-order valence-corrected chi connectivity index (χ4v) is 1.49. The molecule has 0 aliphatic rings. The fourth-order valence-electron chi connectivity index (χ4n) is 1.49. The molecule has 0 spiro atoms. The van der Waals surface area contributed by atoms with Crippen molar-refractivity contribution in [1.82, 2.24) is 9.78 Å². The Hall–Kier alpha value is -2.01. The van der Waals surface area contributed by atoms with Crippen molar-refractivity contribution >= 4 is 0 Å². The van der Waals surface area contributed by atoms with Gasteiger partial charge in [0, 0.05) is 18.4 Å². The summed E-state index contributed by atoms with van der Waals surface area (Å²) in [5.41, 5.74) is 6.71. The van der Waals surface area contributed by atoms with Crippen LogP contribution in [-0.2, 0) is 6.54 Å². The highest BCUT2D eigenvalue weighted by Gasteiger charge is 2.09. The quantitative estimate of drug-likeness (QED) is 0.672. The lowest BCUT2D eigenvalue weighted by molar-refractivity contribution is 0.402. The lowest BCUT2D eigenvalue weighted by Gasteiger charge is -2.12. The highest BCUT2D eigenvalue weighted by molar-refractivity contribution is 5.41. The van der Waals surface area contributed by atoms with Gasteiger partial charge in [-0.05, 0) is 23.8 Å². The van der Waals surface area contributed by atoms with Crippen molar-refractivity contribution in [3.8, 4) is 11.5 Å². The summed E-state index contributed by atoms with van der Waals surface area (Å²) in [7, 11) is 0. The first-order valence-electron chi connectivity index (χ1n) is 4.91. The van der Waals surface area contributed by atoms with E-state index in [2.05, 4.69) is 5.10 Å². The molecule has 5 nitrogen and oxygen atoms in total. The van der Waals surface area contributed by atoms with Gasteiger partial charge < -0.3 is 15.9 Å². The number of rotatable bonds is 3. The van der Waals surface area contributed by atoms with Crippen LogP contribution in [0.15, 0.2) is 36.7 Å². The molecular weight excluding hydrogens is 206 g/mol. The van der Waals surface area contributed by atoms with Crippen molar-refractivity contribution in [1.29, 1.82) is 0 Å². The summed E-state index contributed by atoms with van der Waals surface area (Å²) in [6.45, 7) is 0.525. The lowest BCUT2D eigenvalue weighted by Crippen LogP contribution is -2.17. The van der Waals surface area contributed by atoms with Crippen LogP contribution in [0.3, 0.4) is 0 Å². The van der Waals surface area contributed by atoms with Crippen molar-refractivity contribution < 1.29 is 10.2 Å². The van der Waals surface area contributed by atoms with Gasteiger partial charge in [-0.2, -0.15) is 5.10 Å². The summed E-state index contributed by atoms with van der Waals surface area (Å²) in [5.74, 6) is -0.302. The summed E-state index contributed by atoms with van der Waals surface area (Å²) < 4.78 is 1.72. The van der Waals surface area contributed by atoms with Crippen LogP contribution in [0.1, 0.15) is 11.6 Å². The molecule has 2 rings (SSSR count). The highest BCUT2D eigenvalue weighted by atomic mass is 16.3. The number of hydrogen-bond donors (Lipinski definition) is 3. The van der Waals surface area contributed by atoms with Gasteiger partial charge in [0.1, 0.15) is 0 Å². The molecule has 5 heteroatoms. The van der Waals surface area contributed by atoms with Crippen molar-refractivity contribution in [2.45, 2.75) is 12.6 Å². The maximum absolute atomic E-state index is 9.35. The van der Waals surface area contributed by atoms with Crippen molar-refractivity contribution in [2.75, 3.05) is 0 Å². The third kappa shape index (κ3) is 2.14. The SMILES string of the molecule is NC(Cn1cccn1)c1ccc(O)c(O)c1. The van der Waals surface area contributed by atoms with E-state index < -0.39 is 0 Å². The summed E-state index contributed by atoms with van der Waals surface area (Å²) in [6, 6.07) is 6.12. The van der Waals surface area contributed by atoms with Gasteiger partial charge in [0.2, 0.25) is 0 Å². The molecule has 1 aromatic carbocycles. The minimum Gasteiger partial charge on any atom is -0.504 e. The number of hydrogen-bond acceptors (Lipinski definition) is 4. The third-order valence-corrected chi connectivity index (χ3v) is 2.37. The summed E-state index contributed by atoms with van der Waals surface area (Å²) in [6.07, 6.45) is 3.50. The maximum Gasteiger partial charge on any atom is 0.157 e. The molecule has 4 N–H and O–H groups in total. The smallest absolute Gasteiger partial charge is 0.157 e. The molecule has 1 aromatic heterocycles. The number of aromatic nitrogens is 2. The van der Waals surface area contributed by atoms with Gasteiger partial charge in [-0.1, -0.05) is 6.07 Å². The standard InChI is InChI=1S/C11H13N3O2/c12-9(7-14-5-1-4-13-14)8-2-3-10(15)11(16)6-8/h1-6,9,15-16H,7,12H2. The maximum atomic E-state index is 9.35. The number of nitrogens with two attached hydrogens (primary N) is 1. The summed E-state index contributed by atoms with van der Waals surface area (Å²) >= 11 is 0. The molecule has 0 aliphatic carbocycles. The van der Waals surface area contributed by atoms with Crippen LogP contribution < -0.4 is 5.73 Å². The molecule has 0 bridgehead atoms. The lowest BCUT2D eigenvalue weighted by atomic mass is 10.1. The van der Waals surface area contributed by atoms with E-state index in [0.717, 1.165) is 5.56 Å². The van der Waals surface area contributed by atoms with E-state index in [9.17, 15) is 10.2 Å². The topological polar surface area (TPSA) is 84.3 Å². The predicted octanol–water partition coefficient (Wildman–Crippen LogP) is 0.994. The monoisotopic (exact) mass is 219 g/mol. The van der Waals surface area contributed by atoms with Crippen LogP contribution in [0.2, 0.25) is 0 Å². The zero-order valence-electron chi connectivity index (χ0n) is 8.61. The van der Waals surface area contributed by atoms with Gasteiger partial charge in [-0.25, -0.2) is 0 Å². The third-order valence-electron chi connectivity index (χ3n) is 2.37. The van der Waals surface area contributed by atoms with Crippen LogP contribution in [0.5, 0.6) is 11.5 Å². The van der Waals surface area contributed by atoms with E-state index in [4.69, 9.17) is 5.73 Å². The van der Waals surface area contributed by atoms with Gasteiger partial charge in [-0.15, -0.1) is 0 Å². The molecule has 1 unspecified atom stereocenters. The van der Waals surface area contributed by atoms with Crippen molar-refractivity contribution in [3.63, 3.8) is 0 Å². The van der Waals surface area contributed by atoms with E-state index in [1.807, 2.05) is 12.3 Å². The normalized spacial score (nSPS) is 12.6. The second-order valence-electron chi connectivity index (χ2n) is 3.58. The number of phenolic OH excluding ortho intramolecular Hbond substituents is 2. The Morgan fingerprint density at radius 1 is 1.31 bits per heavy atom. The van der Waals surface area contributed by atoms with Gasteiger partial charge in [-0.3, -0.25) is 4.68 Å². The number of aromatic hydroxyl groups is 2. The van der Waals surface area contributed by atoms with Gasteiger partial charge >= 0.3 is 0 Å². The second kappa shape index (κ2) is 4.24. The van der Waals surface area contributed by atoms with Crippen molar-refractivity contribution in [2.24, 2.45) is 5.73 Å². The first-order valence-corrected chi connectivity index (χ1v) is 4.91. The Morgan fingerprint density at radius 3 is 2.75 bits per heavy atom. The Labute approximate surface area is 92.8 Å². The molecule has 0 saturated carbocycles. The second-order valence-corrected chi connectivity index (χ2v) is 3.58. The van der Waals surface area contributed by atoms with E-state index >= 15 is 0 Å². The average Bonchev–Trinajstić information content (AvgIpc) is 2.74. The average molecular weight is 219 g/mol. The molecule has 2 aromatic rings. The molecule has 84 valence electrons. The van der Waals surface area contributed by atoms with E-state index in [0.29, 0.717) is 6.54 Å². The first-order chi connectivity index (χ1) is 7.66. The molecule has 0 radical (unpaired) electrons. The number of phenols is 2. The van der Waals surface area contributed by atoms with Crippen molar-refractivity contribution in [3.05, 3.63) is 42.2 Å². The van der Waals surface area contributed by atoms with Crippen LogP contribution >= 0.6 is 0 Å². The Bertz CT molecular complexity index is 468. The number of nitrogens with zero attached hydrogens (tertiary/aromatic N) is 2. The highest BCUT2D eigenvalue weighted by Crippen LogP contribution is 2.27. The molecule has 0 amide bonds. The molecule has 1 atom stereocenters. The number of benzene rings is 1. The summed E-state index contributed by atoms with van der Waals surface area (Å²) in [4.78, 5) is 0. The molecule has 0 fully saturated rings. The molecule has 16 heavy (non-hydrogen) atoms. The fraction of sp³-hybridized carbons (Fsp3) is 0.182. The van der Waals surface area contributed by atoms with Crippen LogP contribution in [0, 0.1) is 0 Å². The molecule has 0 saturated heterocycles. The molecular formula is C11H13N3O2. The van der Waals surface area contributed by atoms with Gasteiger partial charge in [0.25, 0.3) is 0 Å². The van der Waals surface area contributed by atoms with Crippen LogP contribution in [0.25, 0.3) is 0 Å². The van der Waals surface area contributed by atoms with E-state index in [-0.39, 0.29) is 17.5 Å². The van der Waals surface area contributed by atoms with E-state index in [1.165, 1.54) is 12.1 Å². The zero-order chi connectivity index (χ0) is 11.5. The minimum absolute atomic E-state index is 0.143. The Morgan fingerprint density at radius 2 is 2.12 bits per heavy atom. The molecule has 1 heterocycles. The van der Waals surface area contributed by atoms with Gasteiger partial charge in [0.15, 0.2) is 11.5 Å². The van der Waals surface area contributed by atoms with E-state index in [1.54, 1.807) is 16.9 Å². The van der Waals surface area contributed by atoms with Crippen LogP contribution in [0.4, 0.5) is 0 Å². The Balaban J connectivity index is 2.14. The zero-order valence-corrected chi connectivity index (χ0v) is 8.61. The van der Waals surface area contributed by atoms with Gasteiger partial charge in [0.05, 0.1) is 6.54 Å². The van der Waals surface area contributed by atoms with Crippen LogP contribution in [-0.4, -0.2) is 20.0 Å².